The van der Waals surface area contributed by atoms with Crippen molar-refractivity contribution in [3.63, 3.8) is 0 Å². The van der Waals surface area contributed by atoms with Crippen LogP contribution in [0.3, 0.4) is 0 Å². The van der Waals surface area contributed by atoms with Gasteiger partial charge in [-0.2, -0.15) is 0 Å². The smallest absolute Gasteiger partial charge is 0.257 e. The molecule has 1 amide bonds. The molecule has 0 unspecified atom stereocenters. The van der Waals surface area contributed by atoms with Crippen LogP contribution in [0, 0.1) is 6.07 Å². The maximum absolute atomic E-state index is 12.5. The van der Waals surface area contributed by atoms with Gasteiger partial charge in [0, 0.05) is 31.4 Å². The van der Waals surface area contributed by atoms with E-state index in [1.165, 1.54) is 17.5 Å². The van der Waals surface area contributed by atoms with Crippen molar-refractivity contribution in [1.29, 1.82) is 0 Å². The Balaban J connectivity index is 1.71. The summed E-state index contributed by atoms with van der Waals surface area (Å²) in [5, 5.41) is 0. The zero-order valence-corrected chi connectivity index (χ0v) is 14.0. The second-order valence-electron chi connectivity index (χ2n) is 6.48. The van der Waals surface area contributed by atoms with E-state index < -0.39 is 0 Å². The molecular formula is C19H23N2O2. The van der Waals surface area contributed by atoms with E-state index in [0.29, 0.717) is 11.5 Å². The van der Waals surface area contributed by atoms with Gasteiger partial charge in [-0.15, -0.1) is 0 Å². The molecule has 1 aliphatic rings. The number of carbonyl (C=O) groups excluding carboxylic acids is 1. The first-order valence-electron chi connectivity index (χ1n) is 8.15. The Bertz CT molecular complexity index is 664. The molecule has 1 radical (unpaired) electrons. The molecule has 1 saturated heterocycles. The van der Waals surface area contributed by atoms with Gasteiger partial charge in [0.25, 0.3) is 5.91 Å². The van der Waals surface area contributed by atoms with Crippen LogP contribution in [0.15, 0.2) is 41.2 Å². The maximum Gasteiger partial charge on any atom is 0.257 e. The molecule has 2 heterocycles. The molecule has 1 atom stereocenters. The van der Waals surface area contributed by atoms with E-state index in [2.05, 4.69) is 43.9 Å². The van der Waals surface area contributed by atoms with Crippen LogP contribution in [0.2, 0.25) is 0 Å². The Morgan fingerprint density at radius 1 is 1.35 bits per heavy atom. The fourth-order valence-corrected chi connectivity index (χ4v) is 3.04. The van der Waals surface area contributed by atoms with E-state index in [-0.39, 0.29) is 11.9 Å². The Morgan fingerprint density at radius 2 is 2.17 bits per heavy atom. The topological polar surface area (TPSA) is 36.7 Å². The van der Waals surface area contributed by atoms with E-state index in [1.807, 2.05) is 11.0 Å². The van der Waals surface area contributed by atoms with Crippen LogP contribution in [0.5, 0.6) is 0 Å². The molecule has 3 rings (SSSR count). The lowest BCUT2D eigenvalue weighted by molar-refractivity contribution is 0.0673. The van der Waals surface area contributed by atoms with Crippen molar-refractivity contribution in [2.24, 2.45) is 0 Å². The van der Waals surface area contributed by atoms with Gasteiger partial charge in [0.1, 0.15) is 6.26 Å². The van der Waals surface area contributed by atoms with Gasteiger partial charge in [0.05, 0.1) is 11.8 Å². The highest BCUT2D eigenvalue weighted by Gasteiger charge is 2.28. The second kappa shape index (κ2) is 6.49. The number of nitrogens with zero attached hydrogens (tertiary/aromatic N) is 2. The monoisotopic (exact) mass is 311 g/mol. The van der Waals surface area contributed by atoms with Gasteiger partial charge < -0.3 is 14.2 Å². The number of carbonyl (C=O) groups is 1. The fourth-order valence-electron chi connectivity index (χ4n) is 3.04. The molecular weight excluding hydrogens is 288 g/mol. The summed E-state index contributed by atoms with van der Waals surface area (Å²) in [5.41, 5.74) is 3.12. The summed E-state index contributed by atoms with van der Waals surface area (Å²) >= 11 is 0. The molecule has 1 aliphatic heterocycles. The first kappa shape index (κ1) is 15.7. The van der Waals surface area contributed by atoms with Gasteiger partial charge >= 0.3 is 0 Å². The van der Waals surface area contributed by atoms with Gasteiger partial charge in [-0.3, -0.25) is 4.79 Å². The minimum atomic E-state index is 0.0494. The molecule has 2 aromatic rings. The van der Waals surface area contributed by atoms with E-state index >= 15 is 0 Å². The van der Waals surface area contributed by atoms with Crippen LogP contribution in [0.25, 0.3) is 0 Å². The summed E-state index contributed by atoms with van der Waals surface area (Å²) in [7, 11) is 0. The number of benzene rings is 1. The lowest BCUT2D eigenvalue weighted by atomic mass is 10.0. The molecule has 4 nitrogen and oxygen atoms in total. The number of furan rings is 1. The van der Waals surface area contributed by atoms with Gasteiger partial charge in [-0.05, 0) is 42.7 Å². The summed E-state index contributed by atoms with van der Waals surface area (Å²) in [6.45, 7) is 8.87. The van der Waals surface area contributed by atoms with Crippen molar-refractivity contribution in [3.8, 4) is 0 Å². The van der Waals surface area contributed by atoms with E-state index in [0.717, 1.165) is 19.6 Å². The van der Waals surface area contributed by atoms with E-state index in [1.54, 1.807) is 12.3 Å². The average Bonchev–Trinajstić information content (AvgIpc) is 3.08. The molecule has 0 spiro atoms. The van der Waals surface area contributed by atoms with E-state index in [9.17, 15) is 4.79 Å². The van der Waals surface area contributed by atoms with Crippen molar-refractivity contribution >= 4 is 11.6 Å². The largest absolute Gasteiger partial charge is 0.472 e. The molecule has 1 aromatic carbocycles. The Hall–Kier alpha value is -2.23. The standard InChI is InChI=1S/C19H23N2O2/c1-14(2)16-5-4-6-18(11-16)20-8-9-21(15(3)12-20)19(22)17-7-10-23-13-17/h5-7,10-11,13-15H,8-9,12H2,1-3H3/t15-/m1/s1. The normalized spacial score (nSPS) is 18.5. The van der Waals surface area contributed by atoms with Crippen molar-refractivity contribution in [2.45, 2.75) is 32.7 Å². The first-order chi connectivity index (χ1) is 11.1. The van der Waals surface area contributed by atoms with Gasteiger partial charge in [0.15, 0.2) is 0 Å². The lowest BCUT2D eigenvalue weighted by Crippen LogP contribution is -2.54. The van der Waals surface area contributed by atoms with Crippen LogP contribution in [-0.2, 0) is 0 Å². The highest BCUT2D eigenvalue weighted by molar-refractivity contribution is 5.94. The molecule has 4 heteroatoms. The predicted octanol–water partition coefficient (Wildman–Crippen LogP) is 3.55. The molecule has 121 valence electrons. The van der Waals surface area contributed by atoms with Crippen LogP contribution < -0.4 is 4.90 Å². The molecule has 0 bridgehead atoms. The Kier molecular flexibility index (Phi) is 4.42. The molecule has 0 aliphatic carbocycles. The summed E-state index contributed by atoms with van der Waals surface area (Å²) in [6.07, 6.45) is 3.06. The van der Waals surface area contributed by atoms with Gasteiger partial charge in [-0.25, -0.2) is 0 Å². The van der Waals surface area contributed by atoms with Gasteiger partial charge in [0.2, 0.25) is 0 Å². The first-order valence-corrected chi connectivity index (χ1v) is 8.15. The SMILES string of the molecule is CC(C)c1c[c]cc(N2CCN(C(=O)c3ccoc3)[C@H](C)C2)c1. The van der Waals surface area contributed by atoms with E-state index in [4.69, 9.17) is 4.42 Å². The Morgan fingerprint density at radius 3 is 2.83 bits per heavy atom. The van der Waals surface area contributed by atoms with Crippen molar-refractivity contribution < 1.29 is 9.21 Å². The zero-order chi connectivity index (χ0) is 16.4. The number of rotatable bonds is 3. The number of anilines is 1. The van der Waals surface area contributed by atoms with Crippen LogP contribution in [0.4, 0.5) is 5.69 Å². The summed E-state index contributed by atoms with van der Waals surface area (Å²) in [6, 6.07) is 11.5. The summed E-state index contributed by atoms with van der Waals surface area (Å²) in [4.78, 5) is 16.8. The van der Waals surface area contributed by atoms with Gasteiger partial charge in [-0.1, -0.05) is 19.9 Å². The molecule has 0 N–H and O–H groups in total. The molecule has 1 aromatic heterocycles. The minimum Gasteiger partial charge on any atom is -0.472 e. The molecule has 23 heavy (non-hydrogen) atoms. The quantitative estimate of drug-likeness (QED) is 0.870. The fraction of sp³-hybridized carbons (Fsp3) is 0.421. The summed E-state index contributed by atoms with van der Waals surface area (Å²) in [5.74, 6) is 0.543. The highest BCUT2D eigenvalue weighted by Crippen LogP contribution is 2.24. The average molecular weight is 311 g/mol. The third-order valence-corrected chi connectivity index (χ3v) is 4.48. The minimum absolute atomic E-state index is 0.0494. The Labute approximate surface area is 137 Å². The van der Waals surface area contributed by atoms with Crippen molar-refractivity contribution in [2.75, 3.05) is 24.5 Å². The number of amides is 1. The third-order valence-electron chi connectivity index (χ3n) is 4.48. The van der Waals surface area contributed by atoms with Crippen molar-refractivity contribution in [1.82, 2.24) is 4.90 Å². The highest BCUT2D eigenvalue weighted by atomic mass is 16.3. The van der Waals surface area contributed by atoms with Crippen LogP contribution in [-0.4, -0.2) is 36.5 Å². The van der Waals surface area contributed by atoms with Crippen molar-refractivity contribution in [3.05, 3.63) is 54.0 Å². The number of hydrogen-bond acceptors (Lipinski definition) is 3. The predicted molar refractivity (Wildman–Crippen MR) is 90.8 cm³/mol. The lowest BCUT2D eigenvalue weighted by Gasteiger charge is -2.41. The van der Waals surface area contributed by atoms with Crippen LogP contribution in [0.1, 0.15) is 42.6 Å². The molecule has 0 saturated carbocycles. The van der Waals surface area contributed by atoms with Crippen LogP contribution >= 0.6 is 0 Å². The number of hydrogen-bond donors (Lipinski definition) is 0. The maximum atomic E-state index is 12.5. The second-order valence-corrected chi connectivity index (χ2v) is 6.48. The summed E-state index contributed by atoms with van der Waals surface area (Å²) < 4.78 is 5.03. The third kappa shape index (κ3) is 3.26. The number of piperazine rings is 1. The molecule has 1 fully saturated rings. The zero-order valence-electron chi connectivity index (χ0n) is 14.0.